The molecule has 1 heteroatoms. The van der Waals surface area contributed by atoms with Crippen LogP contribution in [0.1, 0.15) is 114 Å². The number of carbonyl (C=O) groups is 1. The maximum Gasteiger partial charge on any atom is 0.126 e. The van der Waals surface area contributed by atoms with E-state index in [2.05, 4.69) is 62.4 Å². The number of carbonyl (C=O) groups excluding carboxylic acids is 1. The van der Waals surface area contributed by atoms with Gasteiger partial charge < -0.3 is 4.79 Å². The maximum atomic E-state index is 11.8. The zero-order chi connectivity index (χ0) is 22.4. The van der Waals surface area contributed by atoms with E-state index in [0.29, 0.717) is 5.92 Å². The van der Waals surface area contributed by atoms with Crippen LogP contribution >= 0.6 is 0 Å². The molecule has 2 aromatic rings. The Bertz CT molecular complexity index is 831. The highest BCUT2D eigenvalue weighted by molar-refractivity contribution is 5.64. The Labute approximate surface area is 196 Å². The van der Waals surface area contributed by atoms with Crippen LogP contribution in [0.15, 0.2) is 48.5 Å². The van der Waals surface area contributed by atoms with Crippen LogP contribution in [-0.2, 0) is 4.79 Å². The third kappa shape index (κ3) is 5.36. The quantitative estimate of drug-likeness (QED) is 0.382. The second kappa shape index (κ2) is 10.8. The zero-order valence-electron chi connectivity index (χ0n) is 20.3. The Morgan fingerprint density at radius 1 is 0.750 bits per heavy atom. The fraction of sp³-hybridized carbons (Fsp3) is 0.581. The van der Waals surface area contributed by atoms with E-state index >= 15 is 0 Å². The molecule has 0 spiro atoms. The number of hydrogen-bond acceptors (Lipinski definition) is 1. The number of unbranched alkanes of at least 4 members (excludes halogenated alkanes) is 1. The van der Waals surface area contributed by atoms with Crippen LogP contribution < -0.4 is 0 Å². The van der Waals surface area contributed by atoms with Gasteiger partial charge in [0.1, 0.15) is 6.29 Å². The molecular weight excluding hydrogens is 388 g/mol. The normalized spacial score (nSPS) is 28.4. The summed E-state index contributed by atoms with van der Waals surface area (Å²) in [6, 6.07) is 18.7. The molecule has 2 aromatic carbocycles. The molecule has 0 heterocycles. The lowest BCUT2D eigenvalue weighted by Crippen LogP contribution is -2.28. The average molecular weight is 431 g/mol. The van der Waals surface area contributed by atoms with Crippen LogP contribution in [0.2, 0.25) is 0 Å². The lowest BCUT2D eigenvalue weighted by molar-refractivity contribution is -0.118. The average Bonchev–Trinajstić information content (AvgIpc) is 2.88. The summed E-state index contributed by atoms with van der Waals surface area (Å²) in [5.41, 5.74) is 5.59. The van der Waals surface area contributed by atoms with Crippen molar-refractivity contribution in [1.82, 2.24) is 0 Å². The van der Waals surface area contributed by atoms with Crippen LogP contribution in [0, 0.1) is 11.3 Å². The predicted molar refractivity (Wildman–Crippen MR) is 136 cm³/mol. The minimum Gasteiger partial charge on any atom is -0.303 e. The first-order valence-corrected chi connectivity index (χ1v) is 13.3. The lowest BCUT2D eigenvalue weighted by atomic mass is 9.67. The van der Waals surface area contributed by atoms with Gasteiger partial charge in [-0.15, -0.1) is 0 Å². The summed E-state index contributed by atoms with van der Waals surface area (Å²) in [6.45, 7) is 4.56. The molecule has 0 atom stereocenters. The molecule has 0 amide bonds. The Balaban J connectivity index is 1.35. The zero-order valence-corrected chi connectivity index (χ0v) is 20.3. The van der Waals surface area contributed by atoms with E-state index in [1.165, 1.54) is 73.5 Å². The molecular formula is C31H42O. The molecule has 0 saturated heterocycles. The van der Waals surface area contributed by atoms with Gasteiger partial charge in [-0.3, -0.25) is 0 Å². The molecule has 2 fully saturated rings. The van der Waals surface area contributed by atoms with Gasteiger partial charge in [0.25, 0.3) is 0 Å². The van der Waals surface area contributed by atoms with E-state index < -0.39 is 0 Å². The molecule has 2 aliphatic rings. The van der Waals surface area contributed by atoms with Crippen LogP contribution in [0.4, 0.5) is 0 Å². The first-order chi connectivity index (χ1) is 15.7. The Kier molecular flexibility index (Phi) is 7.87. The van der Waals surface area contributed by atoms with Crippen molar-refractivity contribution in [2.75, 3.05) is 0 Å². The van der Waals surface area contributed by atoms with Crippen molar-refractivity contribution in [1.29, 1.82) is 0 Å². The van der Waals surface area contributed by atoms with Gasteiger partial charge in [0.2, 0.25) is 0 Å². The summed E-state index contributed by atoms with van der Waals surface area (Å²) in [7, 11) is 0. The monoisotopic (exact) mass is 430 g/mol. The van der Waals surface area contributed by atoms with E-state index in [9.17, 15) is 4.79 Å². The van der Waals surface area contributed by atoms with Gasteiger partial charge >= 0.3 is 0 Å². The number of benzene rings is 2. The number of aldehydes is 1. The molecule has 0 N–H and O–H groups in total. The Morgan fingerprint density at radius 3 is 1.69 bits per heavy atom. The molecule has 2 aliphatic carbocycles. The van der Waals surface area contributed by atoms with Crippen molar-refractivity contribution in [3.8, 4) is 11.1 Å². The fourth-order valence-electron chi connectivity index (χ4n) is 6.28. The summed E-state index contributed by atoms with van der Waals surface area (Å²) >= 11 is 0. The molecule has 0 radical (unpaired) electrons. The van der Waals surface area contributed by atoms with Gasteiger partial charge in [-0.1, -0.05) is 81.6 Å². The molecule has 172 valence electrons. The van der Waals surface area contributed by atoms with E-state index in [-0.39, 0.29) is 5.41 Å². The summed E-state index contributed by atoms with van der Waals surface area (Å²) in [6.07, 6.45) is 16.0. The van der Waals surface area contributed by atoms with Crippen molar-refractivity contribution >= 4 is 6.29 Å². The van der Waals surface area contributed by atoms with E-state index in [1.807, 2.05) is 0 Å². The Morgan fingerprint density at radius 2 is 1.25 bits per heavy atom. The third-order valence-corrected chi connectivity index (χ3v) is 8.78. The topological polar surface area (TPSA) is 17.1 Å². The minimum absolute atomic E-state index is 0.0377. The Hall–Kier alpha value is -1.89. The third-order valence-electron chi connectivity index (χ3n) is 8.78. The lowest BCUT2D eigenvalue weighted by Gasteiger charge is -2.36. The van der Waals surface area contributed by atoms with Crippen LogP contribution in [0.5, 0.6) is 0 Å². The van der Waals surface area contributed by atoms with Gasteiger partial charge in [0, 0.05) is 5.41 Å². The van der Waals surface area contributed by atoms with Crippen molar-refractivity contribution in [2.45, 2.75) is 103 Å². The largest absolute Gasteiger partial charge is 0.303 e. The van der Waals surface area contributed by atoms with E-state index in [4.69, 9.17) is 0 Å². The van der Waals surface area contributed by atoms with Crippen molar-refractivity contribution < 1.29 is 4.79 Å². The van der Waals surface area contributed by atoms with Crippen molar-refractivity contribution in [3.63, 3.8) is 0 Å². The molecule has 0 aromatic heterocycles. The SMILES string of the molecule is CCCCC1(C=O)CCC(c2ccc(-c3ccc(C4CCC(CC)CC4)cc3)cc2)CC1. The predicted octanol–water partition coefficient (Wildman–Crippen LogP) is 9.07. The van der Waals surface area contributed by atoms with Gasteiger partial charge in [0.05, 0.1) is 0 Å². The van der Waals surface area contributed by atoms with E-state index in [0.717, 1.165) is 43.9 Å². The maximum absolute atomic E-state index is 11.8. The van der Waals surface area contributed by atoms with Crippen molar-refractivity contribution in [3.05, 3.63) is 59.7 Å². The minimum atomic E-state index is -0.0377. The van der Waals surface area contributed by atoms with Crippen molar-refractivity contribution in [2.24, 2.45) is 11.3 Å². The first kappa shape index (κ1) is 23.3. The standard InChI is InChI=1S/C31H42O/c1-3-5-20-31(23-32)21-18-30(19-22-31)29-16-14-28(15-17-29)27-12-10-26(11-13-27)25-8-6-24(4-2)7-9-25/h10-17,23-25,30H,3-9,18-22H2,1-2H3. The second-order valence-electron chi connectivity index (χ2n) is 10.7. The molecule has 0 bridgehead atoms. The fourth-order valence-corrected chi connectivity index (χ4v) is 6.28. The molecule has 0 aliphatic heterocycles. The second-order valence-corrected chi connectivity index (χ2v) is 10.7. The highest BCUT2D eigenvalue weighted by atomic mass is 16.1. The molecule has 2 saturated carbocycles. The highest BCUT2D eigenvalue weighted by Gasteiger charge is 2.34. The van der Waals surface area contributed by atoms with Gasteiger partial charge in [-0.25, -0.2) is 0 Å². The molecule has 4 rings (SSSR count). The molecule has 1 nitrogen and oxygen atoms in total. The number of rotatable bonds is 8. The summed E-state index contributed by atoms with van der Waals surface area (Å²) in [4.78, 5) is 11.8. The summed E-state index contributed by atoms with van der Waals surface area (Å²) in [5, 5.41) is 0. The first-order valence-electron chi connectivity index (χ1n) is 13.3. The van der Waals surface area contributed by atoms with Crippen LogP contribution in [0.25, 0.3) is 11.1 Å². The van der Waals surface area contributed by atoms with Crippen LogP contribution in [0.3, 0.4) is 0 Å². The molecule has 0 unspecified atom stereocenters. The van der Waals surface area contributed by atoms with Gasteiger partial charge in [-0.05, 0) is 97.8 Å². The summed E-state index contributed by atoms with van der Waals surface area (Å²) in [5.74, 6) is 2.33. The summed E-state index contributed by atoms with van der Waals surface area (Å²) < 4.78 is 0. The van der Waals surface area contributed by atoms with E-state index in [1.54, 1.807) is 0 Å². The smallest absolute Gasteiger partial charge is 0.126 e. The highest BCUT2D eigenvalue weighted by Crippen LogP contribution is 2.45. The van der Waals surface area contributed by atoms with Crippen LogP contribution in [-0.4, -0.2) is 6.29 Å². The van der Waals surface area contributed by atoms with Gasteiger partial charge in [-0.2, -0.15) is 0 Å². The van der Waals surface area contributed by atoms with Gasteiger partial charge in [0.15, 0.2) is 0 Å². The number of hydrogen-bond donors (Lipinski definition) is 0. The molecule has 32 heavy (non-hydrogen) atoms.